The van der Waals surface area contributed by atoms with Gasteiger partial charge in [0.15, 0.2) is 0 Å². The van der Waals surface area contributed by atoms with E-state index in [9.17, 15) is 0 Å². The van der Waals surface area contributed by atoms with Crippen LogP contribution in [0.2, 0.25) is 0 Å². The molecule has 0 aliphatic heterocycles. The molecule has 13 heavy (non-hydrogen) atoms. The van der Waals surface area contributed by atoms with Gasteiger partial charge in [-0.2, -0.15) is 0 Å². The van der Waals surface area contributed by atoms with Gasteiger partial charge in [0.05, 0.1) is 0 Å². The van der Waals surface area contributed by atoms with Gasteiger partial charge >= 0.3 is 37.7 Å². The summed E-state index contributed by atoms with van der Waals surface area (Å²) >= 11 is 0. The Morgan fingerprint density at radius 3 is 0.231 bits per heavy atom. The molecule has 0 saturated heterocycles. The number of hydrogen-bond acceptors (Lipinski definition) is 0. The zero-order valence-corrected chi connectivity index (χ0v) is 14.3. The van der Waals surface area contributed by atoms with Gasteiger partial charge in [-0.1, -0.05) is 0 Å². The second-order valence-corrected chi connectivity index (χ2v) is 0. The smallest absolute Gasteiger partial charge is 1.00 e. The Hall–Kier alpha value is 3.09. The summed E-state index contributed by atoms with van der Waals surface area (Å²) in [6, 6.07) is 0. The normalized spacial score (nSPS) is 0. The number of hydrogen-bond donors (Lipinski definition) is 0. The molecule has 0 aliphatic rings. The van der Waals surface area contributed by atoms with Crippen LogP contribution in [-0.2, 0) is 0 Å². The minimum absolute atomic E-state index is 0. The molecule has 0 aliphatic carbocycles. The van der Waals surface area contributed by atoms with E-state index in [-0.39, 0.29) is 159 Å². The van der Waals surface area contributed by atoms with Gasteiger partial charge in [-0.3, -0.25) is 0 Å². The van der Waals surface area contributed by atoms with Crippen LogP contribution in [-0.4, -0.2) is 49.3 Å². The van der Waals surface area contributed by atoms with Crippen LogP contribution in [0.5, 0.6) is 0 Å². The van der Waals surface area contributed by atoms with Crippen LogP contribution < -0.4 is 71.9 Å². The molecule has 13 heteroatoms. The molecule has 0 unspecified atom stereocenters. The quantitative estimate of drug-likeness (QED) is 0.168. The maximum absolute atomic E-state index is 0. The summed E-state index contributed by atoms with van der Waals surface area (Å²) in [5.74, 6) is 0. The fraction of sp³-hybridized carbons (Fsp3) is 0. The molecule has 0 spiro atoms. The van der Waals surface area contributed by atoms with Crippen molar-refractivity contribution in [3.63, 3.8) is 0 Å². The summed E-state index contributed by atoms with van der Waals surface area (Å²) in [4.78, 5) is 0. The van der Waals surface area contributed by atoms with Crippen molar-refractivity contribution in [2.24, 2.45) is 0 Å². The van der Waals surface area contributed by atoms with Crippen molar-refractivity contribution in [3.05, 3.63) is 0 Å². The molecular weight excluding hydrogens is 690 g/mol. The third-order valence-electron chi connectivity index (χ3n) is 0. The zero-order chi connectivity index (χ0) is 0. The Morgan fingerprint density at radius 1 is 0.231 bits per heavy atom. The Balaban J connectivity index is 0. The van der Waals surface area contributed by atoms with E-state index in [0.717, 1.165) is 0 Å². The van der Waals surface area contributed by atoms with E-state index in [4.69, 9.17) is 0 Å². The second-order valence-electron chi connectivity index (χ2n) is 0. The molecule has 104 valence electrons. The third kappa shape index (κ3) is 271. The Morgan fingerprint density at radius 2 is 0.231 bits per heavy atom. The third-order valence-corrected chi connectivity index (χ3v) is 0. The molecular formula is H18HoI3O9. The second kappa shape index (κ2) is 314. The van der Waals surface area contributed by atoms with Crippen LogP contribution in [0.4, 0.5) is 0 Å². The Bertz CT molecular complexity index is 14.8. The van der Waals surface area contributed by atoms with Gasteiger partial charge in [-0.05, 0) is 0 Å². The van der Waals surface area contributed by atoms with Gasteiger partial charge in [-0.25, -0.2) is 0 Å². The maximum Gasteiger partial charge on any atom is 3.00 e. The van der Waals surface area contributed by atoms with E-state index < -0.39 is 0 Å². The van der Waals surface area contributed by atoms with E-state index in [1.165, 1.54) is 0 Å². The van der Waals surface area contributed by atoms with E-state index >= 15 is 0 Å². The summed E-state index contributed by atoms with van der Waals surface area (Å²) in [7, 11) is 0. The summed E-state index contributed by atoms with van der Waals surface area (Å²) in [6.45, 7) is 0. The van der Waals surface area contributed by atoms with Crippen LogP contribution in [0.25, 0.3) is 0 Å². The largest absolute Gasteiger partial charge is 3.00 e. The van der Waals surface area contributed by atoms with Crippen LogP contribution >= 0.6 is 0 Å². The standard InChI is InChI=1S/Ho.3HI.9H2O/h;3*1H;9*1H2/q+3;;;;;;;;;;;;/p-3. The molecule has 0 bridgehead atoms. The van der Waals surface area contributed by atoms with Gasteiger partial charge in [0.2, 0.25) is 0 Å². The summed E-state index contributed by atoms with van der Waals surface area (Å²) in [6.07, 6.45) is 0. The first-order valence-corrected chi connectivity index (χ1v) is 0. The molecule has 0 heterocycles. The molecule has 0 aromatic heterocycles. The predicted octanol–water partition coefficient (Wildman–Crippen LogP) is -16.4. The molecule has 0 fully saturated rings. The number of rotatable bonds is 0. The average molecular weight is 708 g/mol. The van der Waals surface area contributed by atoms with Crippen LogP contribution in [0.3, 0.4) is 0 Å². The average Bonchev–Trinajstić information content (AvgIpc) is 0. The van der Waals surface area contributed by atoms with Crippen molar-refractivity contribution >= 4 is 0 Å². The summed E-state index contributed by atoms with van der Waals surface area (Å²) in [5, 5.41) is 0. The first-order chi connectivity index (χ1) is 0. The SMILES string of the molecule is O.O.O.O.O.O.O.O.O.[Ho+3].[I-].[I-].[I-]. The minimum atomic E-state index is 0. The van der Waals surface area contributed by atoms with Crippen molar-refractivity contribution < 1.29 is 159 Å². The molecule has 0 amide bonds. The van der Waals surface area contributed by atoms with Gasteiger partial charge in [0.25, 0.3) is 0 Å². The Kier molecular flexibility index (Phi) is 9260. The molecule has 0 aromatic carbocycles. The van der Waals surface area contributed by atoms with Gasteiger partial charge in [0.1, 0.15) is 0 Å². The molecule has 18 N–H and O–H groups in total. The predicted molar refractivity (Wildman–Crippen MR) is 32.5 cm³/mol. The van der Waals surface area contributed by atoms with Crippen molar-refractivity contribution in [3.8, 4) is 0 Å². The van der Waals surface area contributed by atoms with Gasteiger partial charge in [-0.15, -0.1) is 0 Å². The topological polar surface area (TPSA) is 284 Å². The van der Waals surface area contributed by atoms with E-state index in [2.05, 4.69) is 0 Å². The molecule has 0 atom stereocenters. The van der Waals surface area contributed by atoms with Crippen LogP contribution in [0.1, 0.15) is 0 Å². The molecule has 0 rings (SSSR count). The summed E-state index contributed by atoms with van der Waals surface area (Å²) < 4.78 is 0. The van der Waals surface area contributed by atoms with Gasteiger partial charge < -0.3 is 121 Å². The van der Waals surface area contributed by atoms with E-state index in [0.29, 0.717) is 0 Å². The van der Waals surface area contributed by atoms with Crippen molar-refractivity contribution in [2.75, 3.05) is 0 Å². The summed E-state index contributed by atoms with van der Waals surface area (Å²) in [5.41, 5.74) is 0. The monoisotopic (exact) mass is 708 g/mol. The van der Waals surface area contributed by atoms with Crippen LogP contribution in [0, 0.1) is 37.7 Å². The zero-order valence-electron chi connectivity index (χ0n) is 5.94. The van der Waals surface area contributed by atoms with Gasteiger partial charge in [0, 0.05) is 0 Å². The molecule has 0 saturated carbocycles. The fourth-order valence-electron chi connectivity index (χ4n) is 0. The minimum Gasteiger partial charge on any atom is -1.00 e. The van der Waals surface area contributed by atoms with Crippen LogP contribution in [0.15, 0.2) is 0 Å². The van der Waals surface area contributed by atoms with Crippen molar-refractivity contribution in [1.82, 2.24) is 0 Å². The first kappa shape index (κ1) is 384. The van der Waals surface area contributed by atoms with Crippen molar-refractivity contribution in [1.29, 1.82) is 0 Å². The molecule has 9 nitrogen and oxygen atoms in total. The fourth-order valence-corrected chi connectivity index (χ4v) is 0. The van der Waals surface area contributed by atoms with E-state index in [1.807, 2.05) is 0 Å². The van der Waals surface area contributed by atoms with E-state index in [1.54, 1.807) is 0 Å². The first-order valence-electron chi connectivity index (χ1n) is 0. The molecule has 0 radical (unpaired) electrons. The van der Waals surface area contributed by atoms with Crippen molar-refractivity contribution in [2.45, 2.75) is 0 Å². The number of halogens is 3. The molecule has 0 aromatic rings. The maximum atomic E-state index is 0. The Labute approximate surface area is 156 Å².